The maximum absolute atomic E-state index is 11.0. The molecule has 0 saturated carbocycles. The van der Waals surface area contributed by atoms with Gasteiger partial charge in [-0.05, 0) is 49.3 Å². The molecule has 4 heteroatoms. The zero-order valence-electron chi connectivity index (χ0n) is 14.7. The molecular formula is C21H23NO3. The number of fused-ring (bicyclic) bond motifs is 2. The molecule has 130 valence electrons. The fraction of sp³-hybridized carbons (Fsp3) is 0.286. The Balaban J connectivity index is 1.97. The van der Waals surface area contributed by atoms with E-state index in [0.29, 0.717) is 0 Å². The van der Waals surface area contributed by atoms with Crippen LogP contribution in [0, 0.1) is 0 Å². The lowest BCUT2D eigenvalue weighted by molar-refractivity contribution is -0.136. The molecule has 2 aromatic rings. The van der Waals surface area contributed by atoms with Gasteiger partial charge >= 0.3 is 5.97 Å². The van der Waals surface area contributed by atoms with E-state index >= 15 is 0 Å². The molecule has 0 fully saturated rings. The second-order valence-electron chi connectivity index (χ2n) is 6.61. The lowest BCUT2D eigenvalue weighted by Crippen LogP contribution is -2.12. The standard InChI is InChI=1S/C21H23NO3/c1-22(2)11-5-8-20-18-7-4-3-6-16(18)14-17-12-15(13-21(23)24)9-10-19(17)25-20/h3-4,6-10,12H,5,11,13-14H2,1-2H3,(H,23,24)/b20-8-. The van der Waals surface area contributed by atoms with E-state index in [9.17, 15) is 4.79 Å². The molecule has 4 nitrogen and oxygen atoms in total. The van der Waals surface area contributed by atoms with Gasteiger partial charge in [-0.15, -0.1) is 0 Å². The van der Waals surface area contributed by atoms with Crippen LogP contribution in [0.25, 0.3) is 5.76 Å². The van der Waals surface area contributed by atoms with E-state index in [1.165, 1.54) is 5.56 Å². The molecule has 25 heavy (non-hydrogen) atoms. The third kappa shape index (κ3) is 4.28. The molecule has 0 atom stereocenters. The lowest BCUT2D eigenvalue weighted by Gasteiger charge is -2.12. The summed E-state index contributed by atoms with van der Waals surface area (Å²) in [7, 11) is 4.11. The van der Waals surface area contributed by atoms with E-state index in [-0.39, 0.29) is 6.42 Å². The molecule has 2 aromatic carbocycles. The van der Waals surface area contributed by atoms with Gasteiger partial charge in [0.2, 0.25) is 0 Å². The van der Waals surface area contributed by atoms with Crippen molar-refractivity contribution < 1.29 is 14.6 Å². The summed E-state index contributed by atoms with van der Waals surface area (Å²) < 4.78 is 6.22. The number of carbonyl (C=O) groups is 1. The lowest BCUT2D eigenvalue weighted by atomic mass is 9.97. The van der Waals surface area contributed by atoms with Crippen molar-refractivity contribution in [2.45, 2.75) is 19.3 Å². The average Bonchev–Trinajstić information content (AvgIpc) is 2.70. The number of hydrogen-bond donors (Lipinski definition) is 1. The summed E-state index contributed by atoms with van der Waals surface area (Å²) in [5, 5.41) is 9.02. The van der Waals surface area contributed by atoms with Crippen molar-refractivity contribution in [2.24, 2.45) is 0 Å². The minimum Gasteiger partial charge on any atom is -0.481 e. The number of aliphatic carboxylic acids is 1. The number of nitrogens with zero attached hydrogens (tertiary/aromatic N) is 1. The van der Waals surface area contributed by atoms with Crippen molar-refractivity contribution in [3.63, 3.8) is 0 Å². The highest BCUT2D eigenvalue weighted by Gasteiger charge is 2.18. The first kappa shape index (κ1) is 17.2. The number of carboxylic acids is 1. The third-order valence-electron chi connectivity index (χ3n) is 4.27. The Bertz CT molecular complexity index is 809. The zero-order chi connectivity index (χ0) is 17.8. The Labute approximate surface area is 148 Å². The Morgan fingerprint density at radius 3 is 2.76 bits per heavy atom. The van der Waals surface area contributed by atoms with Crippen LogP contribution < -0.4 is 4.74 Å². The zero-order valence-corrected chi connectivity index (χ0v) is 14.7. The van der Waals surface area contributed by atoms with Gasteiger partial charge in [-0.25, -0.2) is 0 Å². The third-order valence-corrected chi connectivity index (χ3v) is 4.27. The summed E-state index contributed by atoms with van der Waals surface area (Å²) in [6.07, 6.45) is 3.81. The van der Waals surface area contributed by atoms with E-state index < -0.39 is 5.97 Å². The molecule has 0 spiro atoms. The van der Waals surface area contributed by atoms with Gasteiger partial charge < -0.3 is 14.7 Å². The first-order valence-electron chi connectivity index (χ1n) is 8.47. The topological polar surface area (TPSA) is 49.8 Å². The van der Waals surface area contributed by atoms with Crippen LogP contribution in [-0.4, -0.2) is 36.6 Å². The molecule has 0 unspecified atom stereocenters. The first-order chi connectivity index (χ1) is 12.0. The summed E-state index contributed by atoms with van der Waals surface area (Å²) in [5.74, 6) is 0.864. The van der Waals surface area contributed by atoms with Crippen LogP contribution in [0.4, 0.5) is 0 Å². The van der Waals surface area contributed by atoms with Crippen molar-refractivity contribution in [1.29, 1.82) is 0 Å². The number of hydrogen-bond acceptors (Lipinski definition) is 3. The maximum atomic E-state index is 11.0. The number of rotatable bonds is 5. The van der Waals surface area contributed by atoms with E-state index in [1.54, 1.807) is 0 Å². The quantitative estimate of drug-likeness (QED) is 0.906. The van der Waals surface area contributed by atoms with Crippen molar-refractivity contribution in [2.75, 3.05) is 20.6 Å². The molecule has 0 aliphatic carbocycles. The number of carboxylic acid groups (broad SMARTS) is 1. The van der Waals surface area contributed by atoms with Gasteiger partial charge in [-0.2, -0.15) is 0 Å². The van der Waals surface area contributed by atoms with Gasteiger partial charge in [0.05, 0.1) is 6.42 Å². The smallest absolute Gasteiger partial charge is 0.307 e. The summed E-state index contributed by atoms with van der Waals surface area (Å²) in [6, 6.07) is 13.9. The Kier molecular flexibility index (Phi) is 5.19. The van der Waals surface area contributed by atoms with Crippen LogP contribution in [0.15, 0.2) is 48.5 Å². The molecule has 1 N–H and O–H groups in total. The van der Waals surface area contributed by atoms with Gasteiger partial charge in [0.1, 0.15) is 11.5 Å². The fourth-order valence-electron chi connectivity index (χ4n) is 3.05. The summed E-state index contributed by atoms with van der Waals surface area (Å²) in [6.45, 7) is 0.958. The highest BCUT2D eigenvalue weighted by Crippen LogP contribution is 2.34. The second-order valence-corrected chi connectivity index (χ2v) is 6.61. The summed E-state index contributed by atoms with van der Waals surface area (Å²) >= 11 is 0. The molecule has 0 radical (unpaired) electrons. The summed E-state index contributed by atoms with van der Waals surface area (Å²) in [4.78, 5) is 13.1. The van der Waals surface area contributed by atoms with Crippen LogP contribution in [0.3, 0.4) is 0 Å². The van der Waals surface area contributed by atoms with Gasteiger partial charge in [-0.3, -0.25) is 4.79 Å². The van der Waals surface area contributed by atoms with Gasteiger partial charge in [-0.1, -0.05) is 36.4 Å². The van der Waals surface area contributed by atoms with Crippen molar-refractivity contribution >= 4 is 11.7 Å². The Hall–Kier alpha value is -2.59. The van der Waals surface area contributed by atoms with Crippen molar-refractivity contribution in [3.05, 3.63) is 70.8 Å². The molecule has 0 saturated heterocycles. The van der Waals surface area contributed by atoms with Gasteiger partial charge in [0.25, 0.3) is 0 Å². The monoisotopic (exact) mass is 337 g/mol. The van der Waals surface area contributed by atoms with Gasteiger partial charge in [0.15, 0.2) is 0 Å². The Morgan fingerprint density at radius 1 is 1.20 bits per heavy atom. The SMILES string of the molecule is CN(C)CC/C=C1\Oc2ccc(CC(=O)O)cc2Cc2ccccc21. The van der Waals surface area contributed by atoms with E-state index in [4.69, 9.17) is 9.84 Å². The average molecular weight is 337 g/mol. The van der Waals surface area contributed by atoms with E-state index in [1.807, 2.05) is 30.3 Å². The molecular weight excluding hydrogens is 314 g/mol. The molecule has 1 heterocycles. The van der Waals surface area contributed by atoms with Crippen LogP contribution in [-0.2, 0) is 17.6 Å². The highest BCUT2D eigenvalue weighted by molar-refractivity contribution is 5.71. The molecule has 0 aromatic heterocycles. The van der Waals surface area contributed by atoms with Crippen molar-refractivity contribution in [1.82, 2.24) is 4.90 Å². The molecule has 1 aliphatic rings. The molecule has 0 bridgehead atoms. The predicted octanol–water partition coefficient (Wildman–Crippen LogP) is 3.59. The van der Waals surface area contributed by atoms with Crippen LogP contribution in [0.5, 0.6) is 5.75 Å². The number of ether oxygens (including phenoxy) is 1. The molecule has 1 aliphatic heterocycles. The van der Waals surface area contributed by atoms with E-state index in [2.05, 4.69) is 37.2 Å². The van der Waals surface area contributed by atoms with Crippen LogP contribution in [0.2, 0.25) is 0 Å². The second kappa shape index (κ2) is 7.53. The minimum atomic E-state index is -0.820. The summed E-state index contributed by atoms with van der Waals surface area (Å²) in [5.41, 5.74) is 4.14. The normalized spacial score (nSPS) is 14.6. The van der Waals surface area contributed by atoms with E-state index in [0.717, 1.165) is 47.6 Å². The maximum Gasteiger partial charge on any atom is 0.307 e. The van der Waals surface area contributed by atoms with Gasteiger partial charge in [0, 0.05) is 18.5 Å². The number of benzene rings is 2. The first-order valence-corrected chi connectivity index (χ1v) is 8.47. The highest BCUT2D eigenvalue weighted by atomic mass is 16.5. The fourth-order valence-corrected chi connectivity index (χ4v) is 3.05. The predicted molar refractivity (Wildman–Crippen MR) is 98.8 cm³/mol. The van der Waals surface area contributed by atoms with Crippen LogP contribution >= 0.6 is 0 Å². The molecule has 3 rings (SSSR count). The van der Waals surface area contributed by atoms with Crippen molar-refractivity contribution in [3.8, 4) is 5.75 Å². The van der Waals surface area contributed by atoms with Crippen LogP contribution in [0.1, 0.15) is 28.7 Å². The largest absolute Gasteiger partial charge is 0.481 e. The molecule has 0 amide bonds. The Morgan fingerprint density at radius 2 is 2.00 bits per heavy atom. The minimum absolute atomic E-state index is 0.0282.